The van der Waals surface area contributed by atoms with Gasteiger partial charge in [-0.15, -0.1) is 0 Å². The van der Waals surface area contributed by atoms with Gasteiger partial charge in [0.2, 0.25) is 10.0 Å². The quantitative estimate of drug-likeness (QED) is 0.819. The molecule has 22 heavy (non-hydrogen) atoms. The fourth-order valence-corrected chi connectivity index (χ4v) is 2.84. The first kappa shape index (κ1) is 16.4. The van der Waals surface area contributed by atoms with Gasteiger partial charge in [-0.05, 0) is 26.0 Å². The van der Waals surface area contributed by atoms with Gasteiger partial charge in [0.1, 0.15) is 0 Å². The van der Waals surface area contributed by atoms with Crippen molar-refractivity contribution in [3.63, 3.8) is 0 Å². The van der Waals surface area contributed by atoms with E-state index in [0.717, 1.165) is 4.31 Å². The van der Waals surface area contributed by atoms with Gasteiger partial charge in [0.05, 0.1) is 17.1 Å². The van der Waals surface area contributed by atoms with E-state index < -0.39 is 10.0 Å². The van der Waals surface area contributed by atoms with Gasteiger partial charge < -0.3 is 4.57 Å². The molecule has 0 amide bonds. The molecule has 0 aliphatic carbocycles. The Morgan fingerprint density at radius 2 is 1.91 bits per heavy atom. The monoisotopic (exact) mass is 324 g/mol. The second-order valence-electron chi connectivity index (χ2n) is 5.50. The molecule has 0 N–H and O–H groups in total. The van der Waals surface area contributed by atoms with Crippen molar-refractivity contribution < 1.29 is 8.42 Å². The number of rotatable bonds is 5. The van der Waals surface area contributed by atoms with Gasteiger partial charge in [0, 0.05) is 38.6 Å². The maximum Gasteiger partial charge on any atom is 0.250 e. The molecule has 0 radical (unpaired) electrons. The number of nitrogens with zero attached hydrogens (tertiary/aromatic N) is 4. The first-order valence-corrected chi connectivity index (χ1v) is 8.33. The standard InChI is InChI=1S/C14H20N4O3S/c1-11(2)18-8-7-12(15-18)9-17-10-13(5-6-14(17)19)22(20,21)16(3)4/h5-8,10-11H,9H2,1-4H3. The number of hydrogen-bond acceptors (Lipinski definition) is 4. The highest BCUT2D eigenvalue weighted by Crippen LogP contribution is 2.11. The Kier molecular flexibility index (Phi) is 4.52. The second kappa shape index (κ2) is 6.05. The normalized spacial score (nSPS) is 12.3. The summed E-state index contributed by atoms with van der Waals surface area (Å²) in [7, 11) is -0.662. The van der Waals surface area contributed by atoms with E-state index in [9.17, 15) is 13.2 Å². The van der Waals surface area contributed by atoms with Gasteiger partial charge >= 0.3 is 0 Å². The fraction of sp³-hybridized carbons (Fsp3) is 0.429. The van der Waals surface area contributed by atoms with Gasteiger partial charge in [-0.25, -0.2) is 12.7 Å². The van der Waals surface area contributed by atoms with E-state index in [1.807, 2.05) is 26.1 Å². The molecule has 0 bridgehead atoms. The summed E-state index contributed by atoms with van der Waals surface area (Å²) in [6.07, 6.45) is 3.19. The zero-order valence-corrected chi connectivity index (χ0v) is 13.9. The van der Waals surface area contributed by atoms with E-state index in [-0.39, 0.29) is 23.0 Å². The average molecular weight is 324 g/mol. The van der Waals surface area contributed by atoms with Crippen LogP contribution in [-0.4, -0.2) is 41.2 Å². The minimum Gasteiger partial charge on any atom is -0.308 e. The lowest BCUT2D eigenvalue weighted by Gasteiger charge is -2.12. The van der Waals surface area contributed by atoms with Crippen LogP contribution in [0.1, 0.15) is 25.6 Å². The van der Waals surface area contributed by atoms with Crippen LogP contribution in [-0.2, 0) is 16.6 Å². The molecule has 0 spiro atoms. The van der Waals surface area contributed by atoms with Crippen LogP contribution in [0.5, 0.6) is 0 Å². The molecule has 0 saturated heterocycles. The van der Waals surface area contributed by atoms with E-state index >= 15 is 0 Å². The summed E-state index contributed by atoms with van der Waals surface area (Å²) in [4.78, 5) is 12.0. The van der Waals surface area contributed by atoms with Crippen molar-refractivity contribution in [2.75, 3.05) is 14.1 Å². The number of aromatic nitrogens is 3. The number of sulfonamides is 1. The van der Waals surface area contributed by atoms with Crippen molar-refractivity contribution in [1.29, 1.82) is 0 Å². The van der Waals surface area contributed by atoms with Gasteiger partial charge in [-0.2, -0.15) is 5.10 Å². The third kappa shape index (κ3) is 3.28. The van der Waals surface area contributed by atoms with Crippen molar-refractivity contribution in [2.24, 2.45) is 0 Å². The van der Waals surface area contributed by atoms with E-state index in [4.69, 9.17) is 0 Å². The maximum absolute atomic E-state index is 12.1. The van der Waals surface area contributed by atoms with Crippen LogP contribution in [0.4, 0.5) is 0 Å². The summed E-state index contributed by atoms with van der Waals surface area (Å²) < 4.78 is 28.5. The number of hydrogen-bond donors (Lipinski definition) is 0. The third-order valence-corrected chi connectivity index (χ3v) is 5.06. The van der Waals surface area contributed by atoms with E-state index in [2.05, 4.69) is 5.10 Å². The average Bonchev–Trinajstić information content (AvgIpc) is 2.89. The molecule has 2 heterocycles. The predicted molar refractivity (Wildman–Crippen MR) is 83.3 cm³/mol. The lowest BCUT2D eigenvalue weighted by atomic mass is 10.4. The first-order valence-electron chi connectivity index (χ1n) is 6.89. The van der Waals surface area contributed by atoms with Crippen molar-refractivity contribution in [3.05, 3.63) is 46.6 Å². The Labute approximate surface area is 129 Å². The zero-order chi connectivity index (χ0) is 16.5. The lowest BCUT2D eigenvalue weighted by molar-refractivity contribution is 0.517. The van der Waals surface area contributed by atoms with Crippen LogP contribution < -0.4 is 5.56 Å². The summed E-state index contributed by atoms with van der Waals surface area (Å²) >= 11 is 0. The summed E-state index contributed by atoms with van der Waals surface area (Å²) in [5.74, 6) is 0. The van der Waals surface area contributed by atoms with Crippen LogP contribution >= 0.6 is 0 Å². The van der Waals surface area contributed by atoms with Gasteiger partial charge in [-0.1, -0.05) is 0 Å². The molecule has 8 heteroatoms. The van der Waals surface area contributed by atoms with Gasteiger partial charge in [0.25, 0.3) is 5.56 Å². The molecule has 0 aromatic carbocycles. The smallest absolute Gasteiger partial charge is 0.250 e. The summed E-state index contributed by atoms with van der Waals surface area (Å²) in [5.41, 5.74) is 0.437. The Morgan fingerprint density at radius 1 is 1.23 bits per heavy atom. The molecular formula is C14H20N4O3S. The molecule has 0 aliphatic rings. The minimum atomic E-state index is -3.57. The summed E-state index contributed by atoms with van der Waals surface area (Å²) in [6, 6.07) is 4.63. The molecule has 0 fully saturated rings. The topological polar surface area (TPSA) is 77.2 Å². The van der Waals surface area contributed by atoms with Crippen LogP contribution in [0.2, 0.25) is 0 Å². The van der Waals surface area contributed by atoms with Crippen LogP contribution in [0.3, 0.4) is 0 Å². The number of pyridine rings is 1. The predicted octanol–water partition coefficient (Wildman–Crippen LogP) is 0.924. The molecule has 0 atom stereocenters. The molecule has 2 aromatic rings. The minimum absolute atomic E-state index is 0.0837. The molecular weight excluding hydrogens is 304 g/mol. The van der Waals surface area contributed by atoms with Crippen molar-refractivity contribution in [1.82, 2.24) is 18.7 Å². The maximum atomic E-state index is 12.1. The summed E-state index contributed by atoms with van der Waals surface area (Å²) in [6.45, 7) is 4.25. The highest BCUT2D eigenvalue weighted by atomic mass is 32.2. The molecule has 7 nitrogen and oxygen atoms in total. The largest absolute Gasteiger partial charge is 0.308 e. The highest BCUT2D eigenvalue weighted by Gasteiger charge is 2.18. The Balaban J connectivity index is 2.37. The van der Waals surface area contributed by atoms with Gasteiger partial charge in [0.15, 0.2) is 0 Å². The van der Waals surface area contributed by atoms with Crippen LogP contribution in [0.15, 0.2) is 40.3 Å². The van der Waals surface area contributed by atoms with Crippen LogP contribution in [0.25, 0.3) is 0 Å². The van der Waals surface area contributed by atoms with E-state index in [1.54, 1.807) is 4.68 Å². The highest BCUT2D eigenvalue weighted by molar-refractivity contribution is 7.89. The fourth-order valence-electron chi connectivity index (χ4n) is 1.92. The Bertz CT molecular complexity index is 819. The molecule has 120 valence electrons. The van der Waals surface area contributed by atoms with Gasteiger partial charge in [-0.3, -0.25) is 9.48 Å². The van der Waals surface area contributed by atoms with Crippen LogP contribution in [0, 0.1) is 0 Å². The van der Waals surface area contributed by atoms with Crippen molar-refractivity contribution >= 4 is 10.0 Å². The first-order chi connectivity index (χ1) is 10.2. The van der Waals surface area contributed by atoms with E-state index in [1.165, 1.54) is 37.0 Å². The summed E-state index contributed by atoms with van der Waals surface area (Å²) in [5, 5.41) is 4.37. The molecule has 0 saturated carbocycles. The zero-order valence-electron chi connectivity index (χ0n) is 13.1. The van der Waals surface area contributed by atoms with E-state index in [0.29, 0.717) is 5.69 Å². The molecule has 0 aliphatic heterocycles. The lowest BCUT2D eigenvalue weighted by Crippen LogP contribution is -2.26. The molecule has 0 unspecified atom stereocenters. The third-order valence-electron chi connectivity index (χ3n) is 3.26. The SMILES string of the molecule is CC(C)n1ccc(Cn2cc(S(=O)(=O)N(C)C)ccc2=O)n1. The van der Waals surface area contributed by atoms with Crippen molar-refractivity contribution in [3.8, 4) is 0 Å². The molecule has 2 aromatic heterocycles. The molecule has 2 rings (SSSR count). The second-order valence-corrected chi connectivity index (χ2v) is 7.65. The Morgan fingerprint density at radius 3 is 2.45 bits per heavy atom. The Hall–Kier alpha value is -1.93. The van der Waals surface area contributed by atoms with Crippen molar-refractivity contribution in [2.45, 2.75) is 31.3 Å².